The van der Waals surface area contributed by atoms with E-state index in [0.29, 0.717) is 5.75 Å². The highest BCUT2D eigenvalue weighted by Crippen LogP contribution is 2.28. The van der Waals surface area contributed by atoms with Crippen LogP contribution in [0.1, 0.15) is 25.7 Å². The zero-order valence-corrected chi connectivity index (χ0v) is 11.8. The van der Waals surface area contributed by atoms with Crippen LogP contribution < -0.4 is 15.2 Å². The molecule has 0 aliphatic heterocycles. The normalized spacial score (nSPS) is 24.1. The van der Waals surface area contributed by atoms with E-state index in [0.717, 1.165) is 25.7 Å². The first-order valence-electron chi connectivity index (χ1n) is 6.48. The van der Waals surface area contributed by atoms with Gasteiger partial charge in [-0.1, -0.05) is 12.1 Å². The number of hydrogen-bond donors (Lipinski definition) is 2. The average Bonchev–Trinajstić information content (AvgIpc) is 2.42. The first-order chi connectivity index (χ1) is 9.03. The zero-order chi connectivity index (χ0) is 13.9. The Morgan fingerprint density at radius 1 is 1.21 bits per heavy atom. The molecule has 1 fully saturated rings. The molecule has 1 aromatic rings. The molecule has 0 atom stereocenters. The summed E-state index contributed by atoms with van der Waals surface area (Å²) in [5.41, 5.74) is 5.85. The monoisotopic (exact) mass is 284 g/mol. The standard InChI is InChI=1S/C13H20N2O3S/c1-15-19(16,17)13-5-3-2-4-12(13)18-11-8-6-10(14)7-9-11/h2-5,10-11,15H,6-9,14H2,1H3. The summed E-state index contributed by atoms with van der Waals surface area (Å²) in [5.74, 6) is 0.414. The lowest BCUT2D eigenvalue weighted by Gasteiger charge is -2.27. The predicted molar refractivity (Wildman–Crippen MR) is 73.5 cm³/mol. The Kier molecular flexibility index (Phi) is 4.44. The van der Waals surface area contributed by atoms with Crippen molar-refractivity contribution in [1.29, 1.82) is 0 Å². The molecule has 0 saturated heterocycles. The fourth-order valence-electron chi connectivity index (χ4n) is 2.27. The van der Waals surface area contributed by atoms with Crippen molar-refractivity contribution < 1.29 is 13.2 Å². The minimum Gasteiger partial charge on any atom is -0.489 e. The summed E-state index contributed by atoms with van der Waals surface area (Å²) < 4.78 is 32.0. The van der Waals surface area contributed by atoms with Crippen molar-refractivity contribution in [2.24, 2.45) is 5.73 Å². The lowest BCUT2D eigenvalue weighted by molar-refractivity contribution is 0.143. The number of nitrogens with two attached hydrogens (primary N) is 1. The van der Waals surface area contributed by atoms with Crippen molar-refractivity contribution in [3.05, 3.63) is 24.3 Å². The summed E-state index contributed by atoms with van der Waals surface area (Å²) in [4.78, 5) is 0.187. The maximum Gasteiger partial charge on any atom is 0.243 e. The second-order valence-corrected chi connectivity index (χ2v) is 6.66. The number of sulfonamides is 1. The SMILES string of the molecule is CNS(=O)(=O)c1ccccc1OC1CCC(N)CC1. The first-order valence-corrected chi connectivity index (χ1v) is 7.96. The molecule has 1 aliphatic rings. The topological polar surface area (TPSA) is 81.4 Å². The third kappa shape index (κ3) is 3.46. The maximum atomic E-state index is 11.9. The van der Waals surface area contributed by atoms with E-state index in [2.05, 4.69) is 4.72 Å². The van der Waals surface area contributed by atoms with E-state index in [1.165, 1.54) is 7.05 Å². The van der Waals surface area contributed by atoms with Crippen LogP contribution in [0.2, 0.25) is 0 Å². The fraction of sp³-hybridized carbons (Fsp3) is 0.538. The van der Waals surface area contributed by atoms with E-state index in [1.54, 1.807) is 24.3 Å². The molecule has 19 heavy (non-hydrogen) atoms. The molecule has 1 aliphatic carbocycles. The number of rotatable bonds is 4. The molecule has 0 heterocycles. The molecule has 5 nitrogen and oxygen atoms in total. The number of ether oxygens (including phenoxy) is 1. The molecule has 0 spiro atoms. The Bertz CT molecular complexity index is 522. The summed E-state index contributed by atoms with van der Waals surface area (Å²) in [6.45, 7) is 0. The van der Waals surface area contributed by atoms with Crippen LogP contribution in [0.5, 0.6) is 5.75 Å². The molecule has 0 radical (unpaired) electrons. The van der Waals surface area contributed by atoms with Crippen molar-refractivity contribution in [1.82, 2.24) is 4.72 Å². The second-order valence-electron chi connectivity index (χ2n) is 4.81. The van der Waals surface area contributed by atoms with E-state index < -0.39 is 10.0 Å². The molecule has 1 aromatic carbocycles. The van der Waals surface area contributed by atoms with Crippen molar-refractivity contribution in [3.8, 4) is 5.75 Å². The molecule has 3 N–H and O–H groups in total. The van der Waals surface area contributed by atoms with Gasteiger partial charge in [-0.15, -0.1) is 0 Å². The molecule has 6 heteroatoms. The van der Waals surface area contributed by atoms with Gasteiger partial charge in [0.2, 0.25) is 10.0 Å². The Morgan fingerprint density at radius 2 is 1.84 bits per heavy atom. The minimum atomic E-state index is -3.49. The van der Waals surface area contributed by atoms with E-state index in [1.807, 2.05) is 0 Å². The highest BCUT2D eigenvalue weighted by Gasteiger charge is 2.23. The van der Waals surface area contributed by atoms with Crippen LogP contribution in [0.4, 0.5) is 0 Å². The molecule has 1 saturated carbocycles. The lowest BCUT2D eigenvalue weighted by Crippen LogP contribution is -2.32. The maximum absolute atomic E-state index is 11.9. The molecule has 0 amide bonds. The summed E-state index contributed by atoms with van der Waals surface area (Å²) in [7, 11) is -2.10. The van der Waals surface area contributed by atoms with E-state index in [4.69, 9.17) is 10.5 Å². The van der Waals surface area contributed by atoms with Crippen molar-refractivity contribution in [2.75, 3.05) is 7.05 Å². The van der Waals surface area contributed by atoms with Crippen molar-refractivity contribution >= 4 is 10.0 Å². The van der Waals surface area contributed by atoms with Crippen LogP contribution >= 0.6 is 0 Å². The van der Waals surface area contributed by atoms with Crippen LogP contribution in [0.15, 0.2) is 29.2 Å². The molecule has 106 valence electrons. The van der Waals surface area contributed by atoms with Gasteiger partial charge < -0.3 is 10.5 Å². The number of hydrogen-bond acceptors (Lipinski definition) is 4. The van der Waals surface area contributed by atoms with Gasteiger partial charge in [0.05, 0.1) is 6.10 Å². The van der Waals surface area contributed by atoms with Crippen LogP contribution in [0.25, 0.3) is 0 Å². The Balaban J connectivity index is 2.17. The third-order valence-electron chi connectivity index (χ3n) is 3.42. The summed E-state index contributed by atoms with van der Waals surface area (Å²) >= 11 is 0. The van der Waals surface area contributed by atoms with Gasteiger partial charge in [-0.25, -0.2) is 13.1 Å². The van der Waals surface area contributed by atoms with Gasteiger partial charge in [-0.3, -0.25) is 0 Å². The molecule has 0 aromatic heterocycles. The molecular weight excluding hydrogens is 264 g/mol. The lowest BCUT2D eigenvalue weighted by atomic mass is 9.94. The van der Waals surface area contributed by atoms with Gasteiger partial charge in [0.25, 0.3) is 0 Å². The van der Waals surface area contributed by atoms with Crippen LogP contribution in [0.3, 0.4) is 0 Å². The molecule has 0 unspecified atom stereocenters. The molecular formula is C13H20N2O3S. The van der Waals surface area contributed by atoms with Crippen molar-refractivity contribution in [2.45, 2.75) is 42.7 Å². The van der Waals surface area contributed by atoms with Crippen LogP contribution in [0, 0.1) is 0 Å². The van der Waals surface area contributed by atoms with Gasteiger partial charge in [0.1, 0.15) is 10.6 Å². The molecule has 0 bridgehead atoms. The second kappa shape index (κ2) is 5.90. The van der Waals surface area contributed by atoms with Gasteiger partial charge in [0, 0.05) is 6.04 Å². The minimum absolute atomic E-state index is 0.0491. The summed E-state index contributed by atoms with van der Waals surface area (Å²) in [5, 5.41) is 0. The van der Waals surface area contributed by atoms with Gasteiger partial charge >= 0.3 is 0 Å². The largest absolute Gasteiger partial charge is 0.489 e. The summed E-state index contributed by atoms with van der Waals surface area (Å²) in [6, 6.07) is 6.96. The van der Waals surface area contributed by atoms with E-state index >= 15 is 0 Å². The van der Waals surface area contributed by atoms with Crippen LogP contribution in [-0.4, -0.2) is 27.6 Å². The highest BCUT2D eigenvalue weighted by molar-refractivity contribution is 7.89. The summed E-state index contributed by atoms with van der Waals surface area (Å²) in [6.07, 6.45) is 3.63. The Morgan fingerprint density at radius 3 is 2.47 bits per heavy atom. The number of benzene rings is 1. The van der Waals surface area contributed by atoms with E-state index in [9.17, 15) is 8.42 Å². The van der Waals surface area contributed by atoms with E-state index in [-0.39, 0.29) is 17.0 Å². The Labute approximate surface area is 114 Å². The smallest absolute Gasteiger partial charge is 0.243 e. The predicted octanol–water partition coefficient (Wildman–Crippen LogP) is 1.24. The fourth-order valence-corrected chi connectivity index (χ4v) is 3.12. The zero-order valence-electron chi connectivity index (χ0n) is 11.0. The highest BCUT2D eigenvalue weighted by atomic mass is 32.2. The third-order valence-corrected chi connectivity index (χ3v) is 4.87. The first kappa shape index (κ1) is 14.3. The van der Waals surface area contributed by atoms with Crippen molar-refractivity contribution in [3.63, 3.8) is 0 Å². The van der Waals surface area contributed by atoms with Crippen LogP contribution in [-0.2, 0) is 10.0 Å². The van der Waals surface area contributed by atoms with Gasteiger partial charge in [-0.2, -0.15) is 0 Å². The number of para-hydroxylation sites is 1. The van der Waals surface area contributed by atoms with Gasteiger partial charge in [0.15, 0.2) is 0 Å². The average molecular weight is 284 g/mol. The molecule has 2 rings (SSSR count). The van der Waals surface area contributed by atoms with Gasteiger partial charge in [-0.05, 0) is 44.9 Å². The quantitative estimate of drug-likeness (QED) is 0.871. The number of nitrogens with one attached hydrogen (secondary N) is 1. The Hall–Kier alpha value is -1.11.